The first-order valence-electron chi connectivity index (χ1n) is 5.41. The molecule has 2 aromatic rings. The van der Waals surface area contributed by atoms with Crippen LogP contribution in [-0.4, -0.2) is 6.54 Å². The Balaban J connectivity index is 1.70. The Labute approximate surface area is 95.3 Å². The van der Waals surface area contributed by atoms with Crippen LogP contribution in [0, 0.1) is 0 Å². The van der Waals surface area contributed by atoms with Crippen LogP contribution in [-0.2, 0) is 13.0 Å². The highest BCUT2D eigenvalue weighted by Crippen LogP contribution is 2.05. The first kappa shape index (κ1) is 10.8. The van der Waals surface area contributed by atoms with E-state index < -0.39 is 0 Å². The molecule has 1 aromatic heterocycles. The van der Waals surface area contributed by atoms with Crippen molar-refractivity contribution in [1.29, 1.82) is 0 Å². The zero-order chi connectivity index (χ0) is 11.2. The number of hydrogen-bond donors (Lipinski definition) is 2. The van der Waals surface area contributed by atoms with Crippen molar-refractivity contribution in [3.05, 3.63) is 54.0 Å². The second-order valence-corrected chi connectivity index (χ2v) is 3.80. The molecule has 0 saturated carbocycles. The summed E-state index contributed by atoms with van der Waals surface area (Å²) in [6, 6.07) is 9.97. The fourth-order valence-electron chi connectivity index (χ4n) is 1.54. The van der Waals surface area contributed by atoms with Gasteiger partial charge in [0.25, 0.3) is 0 Å². The number of nitrogens with two attached hydrogens (primary N) is 1. The number of hydrogen-bond acceptors (Lipinski definition) is 3. The van der Waals surface area contributed by atoms with Crippen molar-refractivity contribution in [2.75, 3.05) is 12.3 Å². The SMILES string of the molecule is Nc1ccc(CCNCc2ccoc2)cc1. The minimum Gasteiger partial charge on any atom is -0.472 e. The highest BCUT2D eigenvalue weighted by Gasteiger charge is 1.95. The fraction of sp³-hybridized carbons (Fsp3) is 0.231. The third-order valence-electron chi connectivity index (χ3n) is 2.48. The molecule has 0 spiro atoms. The summed E-state index contributed by atoms with van der Waals surface area (Å²) in [5.41, 5.74) is 8.91. The smallest absolute Gasteiger partial charge is 0.0947 e. The Hall–Kier alpha value is -1.74. The summed E-state index contributed by atoms with van der Waals surface area (Å²) in [5.74, 6) is 0. The first-order chi connectivity index (χ1) is 7.84. The molecule has 2 rings (SSSR count). The monoisotopic (exact) mass is 216 g/mol. The molecule has 1 aromatic carbocycles. The first-order valence-corrected chi connectivity index (χ1v) is 5.41. The number of rotatable bonds is 5. The molecule has 0 aliphatic carbocycles. The Bertz CT molecular complexity index is 406. The number of nitrogens with one attached hydrogen (secondary N) is 1. The Morgan fingerprint density at radius 1 is 1.06 bits per heavy atom. The lowest BCUT2D eigenvalue weighted by Gasteiger charge is -2.03. The summed E-state index contributed by atoms with van der Waals surface area (Å²) in [6.07, 6.45) is 4.46. The second kappa shape index (κ2) is 5.37. The molecule has 0 aliphatic heterocycles. The van der Waals surface area contributed by atoms with Gasteiger partial charge in [0.2, 0.25) is 0 Å². The summed E-state index contributed by atoms with van der Waals surface area (Å²) in [5, 5.41) is 3.36. The maximum absolute atomic E-state index is 5.62. The van der Waals surface area contributed by atoms with E-state index in [9.17, 15) is 0 Å². The Morgan fingerprint density at radius 2 is 1.88 bits per heavy atom. The molecule has 0 unspecified atom stereocenters. The summed E-state index contributed by atoms with van der Waals surface area (Å²) in [6.45, 7) is 1.81. The van der Waals surface area contributed by atoms with E-state index >= 15 is 0 Å². The molecule has 0 radical (unpaired) electrons. The third-order valence-corrected chi connectivity index (χ3v) is 2.48. The lowest BCUT2D eigenvalue weighted by Crippen LogP contribution is -2.16. The number of furan rings is 1. The standard InChI is InChI=1S/C13H16N2O/c14-13-3-1-11(2-4-13)5-7-15-9-12-6-8-16-10-12/h1-4,6,8,10,15H,5,7,9,14H2. The van der Waals surface area contributed by atoms with Gasteiger partial charge in [-0.25, -0.2) is 0 Å². The van der Waals surface area contributed by atoms with Gasteiger partial charge in [-0.2, -0.15) is 0 Å². The molecular formula is C13H16N2O. The van der Waals surface area contributed by atoms with Crippen molar-refractivity contribution in [3.8, 4) is 0 Å². The van der Waals surface area contributed by atoms with Gasteiger partial charge in [0.1, 0.15) is 0 Å². The highest BCUT2D eigenvalue weighted by atomic mass is 16.3. The van der Waals surface area contributed by atoms with Crippen molar-refractivity contribution in [2.45, 2.75) is 13.0 Å². The highest BCUT2D eigenvalue weighted by molar-refractivity contribution is 5.39. The van der Waals surface area contributed by atoms with E-state index in [-0.39, 0.29) is 0 Å². The van der Waals surface area contributed by atoms with E-state index in [0.717, 1.165) is 25.2 Å². The summed E-state index contributed by atoms with van der Waals surface area (Å²) >= 11 is 0. The molecule has 3 heteroatoms. The van der Waals surface area contributed by atoms with Crippen LogP contribution in [0.2, 0.25) is 0 Å². The van der Waals surface area contributed by atoms with E-state index in [0.29, 0.717) is 0 Å². The van der Waals surface area contributed by atoms with Crippen molar-refractivity contribution >= 4 is 5.69 Å². The lowest BCUT2D eigenvalue weighted by molar-refractivity contribution is 0.560. The van der Waals surface area contributed by atoms with E-state index in [2.05, 4.69) is 17.4 Å². The molecule has 0 saturated heterocycles. The van der Waals surface area contributed by atoms with Crippen LogP contribution < -0.4 is 11.1 Å². The van der Waals surface area contributed by atoms with E-state index in [1.165, 1.54) is 11.1 Å². The van der Waals surface area contributed by atoms with Crippen LogP contribution >= 0.6 is 0 Å². The van der Waals surface area contributed by atoms with Crippen LogP contribution in [0.1, 0.15) is 11.1 Å². The minimum absolute atomic E-state index is 0.815. The average Bonchev–Trinajstić information content (AvgIpc) is 2.80. The Kier molecular flexibility index (Phi) is 3.62. The predicted molar refractivity (Wildman–Crippen MR) is 65.0 cm³/mol. The molecule has 3 nitrogen and oxygen atoms in total. The normalized spacial score (nSPS) is 10.5. The minimum atomic E-state index is 0.815. The maximum Gasteiger partial charge on any atom is 0.0947 e. The number of benzene rings is 1. The van der Waals surface area contributed by atoms with Crippen LogP contribution in [0.25, 0.3) is 0 Å². The largest absolute Gasteiger partial charge is 0.472 e. The maximum atomic E-state index is 5.62. The molecule has 3 N–H and O–H groups in total. The zero-order valence-electron chi connectivity index (χ0n) is 9.15. The van der Waals surface area contributed by atoms with Gasteiger partial charge in [-0.3, -0.25) is 0 Å². The molecule has 16 heavy (non-hydrogen) atoms. The fourth-order valence-corrected chi connectivity index (χ4v) is 1.54. The second-order valence-electron chi connectivity index (χ2n) is 3.80. The van der Waals surface area contributed by atoms with Crippen molar-refractivity contribution in [2.24, 2.45) is 0 Å². The van der Waals surface area contributed by atoms with Crippen LogP contribution in [0.5, 0.6) is 0 Å². The number of nitrogen functional groups attached to an aromatic ring is 1. The van der Waals surface area contributed by atoms with Crippen molar-refractivity contribution in [1.82, 2.24) is 5.32 Å². The molecule has 0 fully saturated rings. The number of anilines is 1. The van der Waals surface area contributed by atoms with E-state index in [1.54, 1.807) is 12.5 Å². The molecule has 0 bridgehead atoms. The van der Waals surface area contributed by atoms with Gasteiger partial charge in [0, 0.05) is 17.8 Å². The van der Waals surface area contributed by atoms with Crippen molar-refractivity contribution in [3.63, 3.8) is 0 Å². The van der Waals surface area contributed by atoms with E-state index in [1.807, 2.05) is 18.2 Å². The molecule has 0 amide bonds. The molecule has 0 atom stereocenters. The van der Waals surface area contributed by atoms with Gasteiger partial charge in [-0.15, -0.1) is 0 Å². The van der Waals surface area contributed by atoms with Crippen LogP contribution in [0.3, 0.4) is 0 Å². The zero-order valence-corrected chi connectivity index (χ0v) is 9.15. The lowest BCUT2D eigenvalue weighted by atomic mass is 10.1. The Morgan fingerprint density at radius 3 is 2.56 bits per heavy atom. The topological polar surface area (TPSA) is 51.2 Å². The van der Waals surface area contributed by atoms with Crippen LogP contribution in [0.4, 0.5) is 5.69 Å². The molecule has 84 valence electrons. The van der Waals surface area contributed by atoms with Gasteiger partial charge in [-0.1, -0.05) is 12.1 Å². The van der Waals surface area contributed by atoms with Gasteiger partial charge >= 0.3 is 0 Å². The van der Waals surface area contributed by atoms with E-state index in [4.69, 9.17) is 10.2 Å². The molecule has 0 aliphatic rings. The van der Waals surface area contributed by atoms with Crippen LogP contribution in [0.15, 0.2) is 47.3 Å². The van der Waals surface area contributed by atoms with Crippen molar-refractivity contribution < 1.29 is 4.42 Å². The summed E-state index contributed by atoms with van der Waals surface area (Å²) in [7, 11) is 0. The predicted octanol–water partition coefficient (Wildman–Crippen LogP) is 2.19. The third kappa shape index (κ3) is 3.14. The van der Waals surface area contributed by atoms with Gasteiger partial charge in [-0.05, 0) is 36.7 Å². The quantitative estimate of drug-likeness (QED) is 0.595. The molecular weight excluding hydrogens is 200 g/mol. The molecule has 1 heterocycles. The van der Waals surface area contributed by atoms with Gasteiger partial charge < -0.3 is 15.5 Å². The van der Waals surface area contributed by atoms with Gasteiger partial charge in [0.15, 0.2) is 0 Å². The summed E-state index contributed by atoms with van der Waals surface area (Å²) in [4.78, 5) is 0. The average molecular weight is 216 g/mol. The summed E-state index contributed by atoms with van der Waals surface area (Å²) < 4.78 is 4.99. The van der Waals surface area contributed by atoms with Gasteiger partial charge in [0.05, 0.1) is 12.5 Å².